The van der Waals surface area contributed by atoms with Gasteiger partial charge >= 0.3 is 0 Å². The highest BCUT2D eigenvalue weighted by Gasteiger charge is 2.12. The molecule has 0 saturated carbocycles. The Labute approximate surface area is 136 Å². The molecule has 0 amide bonds. The minimum atomic E-state index is 0.444. The van der Waals surface area contributed by atoms with Crippen LogP contribution < -0.4 is 5.32 Å². The number of piperazine rings is 1. The van der Waals surface area contributed by atoms with Gasteiger partial charge in [-0.05, 0) is 73.8 Å². The van der Waals surface area contributed by atoms with E-state index in [-0.39, 0.29) is 0 Å². The highest BCUT2D eigenvalue weighted by molar-refractivity contribution is 14.1. The second-order valence-electron chi connectivity index (χ2n) is 5.73. The fourth-order valence-electron chi connectivity index (χ4n) is 2.56. The summed E-state index contributed by atoms with van der Waals surface area (Å²) in [5.41, 5.74) is 1.38. The molecule has 112 valence electrons. The van der Waals surface area contributed by atoms with Crippen molar-refractivity contribution in [2.24, 2.45) is 0 Å². The third-order valence-corrected chi connectivity index (χ3v) is 4.79. The zero-order valence-electron chi connectivity index (χ0n) is 12.6. The van der Waals surface area contributed by atoms with Gasteiger partial charge in [0.2, 0.25) is 0 Å². The molecule has 0 radical (unpaired) electrons. The quantitative estimate of drug-likeness (QED) is 0.598. The van der Waals surface area contributed by atoms with E-state index >= 15 is 0 Å². The van der Waals surface area contributed by atoms with E-state index < -0.39 is 0 Å². The van der Waals surface area contributed by atoms with Gasteiger partial charge in [-0.25, -0.2) is 0 Å². The van der Waals surface area contributed by atoms with Crippen LogP contribution in [0.2, 0.25) is 0 Å². The van der Waals surface area contributed by atoms with Crippen LogP contribution in [0.3, 0.4) is 0 Å². The fourth-order valence-corrected chi connectivity index (χ4v) is 2.92. The lowest BCUT2D eigenvalue weighted by molar-refractivity contribution is 0.152. The maximum absolute atomic E-state index is 3.63. The third-order valence-electron chi connectivity index (χ3n) is 4.07. The summed E-state index contributed by atoms with van der Waals surface area (Å²) in [6, 6.07) is 9.25. The number of nitrogens with one attached hydrogen (secondary N) is 1. The predicted octanol–water partition coefficient (Wildman–Crippen LogP) is 2.58. The third kappa shape index (κ3) is 5.31. The summed E-state index contributed by atoms with van der Waals surface area (Å²) in [6.45, 7) is 9.45. The van der Waals surface area contributed by atoms with Gasteiger partial charge in [0.05, 0.1) is 0 Å². The Hall–Kier alpha value is -0.170. The van der Waals surface area contributed by atoms with Gasteiger partial charge in [0.15, 0.2) is 0 Å². The second kappa shape index (κ2) is 8.32. The average Bonchev–Trinajstić information content (AvgIpc) is 2.46. The lowest BCUT2D eigenvalue weighted by Gasteiger charge is -2.32. The summed E-state index contributed by atoms with van der Waals surface area (Å²) < 4.78 is 1.30. The molecule has 1 unspecified atom stereocenters. The Bertz CT molecular complexity index is 385. The topological polar surface area (TPSA) is 18.5 Å². The van der Waals surface area contributed by atoms with E-state index in [1.54, 1.807) is 0 Å². The normalized spacial score (nSPS) is 19.1. The van der Waals surface area contributed by atoms with E-state index in [0.29, 0.717) is 6.04 Å². The highest BCUT2D eigenvalue weighted by atomic mass is 127. The largest absolute Gasteiger partial charge is 0.310 e. The molecule has 1 aromatic rings. The van der Waals surface area contributed by atoms with Crippen LogP contribution in [0.25, 0.3) is 0 Å². The molecule has 3 nitrogen and oxygen atoms in total. The first-order valence-electron chi connectivity index (χ1n) is 7.55. The molecule has 1 aromatic carbocycles. The number of hydrogen-bond donors (Lipinski definition) is 1. The first kappa shape index (κ1) is 16.2. The Balaban J connectivity index is 1.62. The molecule has 1 N–H and O–H groups in total. The Morgan fingerprint density at radius 1 is 1.15 bits per heavy atom. The molecule has 0 aromatic heterocycles. The van der Waals surface area contributed by atoms with Gasteiger partial charge in [-0.1, -0.05) is 12.1 Å². The molecular weight excluding hydrogens is 361 g/mol. The number of likely N-dealkylation sites (N-methyl/N-ethyl adjacent to an activating group) is 1. The summed E-state index contributed by atoms with van der Waals surface area (Å²) in [4.78, 5) is 4.99. The van der Waals surface area contributed by atoms with Gasteiger partial charge in [-0.3, -0.25) is 0 Å². The van der Waals surface area contributed by atoms with Crippen LogP contribution in [0.4, 0.5) is 0 Å². The molecule has 1 heterocycles. The summed E-state index contributed by atoms with van der Waals surface area (Å²) in [6.07, 6.45) is 1.23. The standard InChI is InChI=1S/C16H26IN3/c1-14(15-4-6-16(17)7-5-15)18-8-3-9-20-12-10-19(2)11-13-20/h4-7,14,18H,3,8-13H2,1-2H3. The molecule has 0 spiro atoms. The van der Waals surface area contributed by atoms with Gasteiger partial charge in [-0.15, -0.1) is 0 Å². The van der Waals surface area contributed by atoms with Crippen molar-refractivity contribution in [1.82, 2.24) is 15.1 Å². The molecule has 0 aliphatic carbocycles. The number of halogens is 1. The van der Waals surface area contributed by atoms with Crippen molar-refractivity contribution in [3.8, 4) is 0 Å². The van der Waals surface area contributed by atoms with E-state index in [9.17, 15) is 0 Å². The fraction of sp³-hybridized carbons (Fsp3) is 0.625. The molecular formula is C16H26IN3. The van der Waals surface area contributed by atoms with E-state index in [2.05, 4.69) is 75.9 Å². The van der Waals surface area contributed by atoms with Gasteiger partial charge < -0.3 is 15.1 Å². The summed E-state index contributed by atoms with van der Waals surface area (Å²) in [5, 5.41) is 3.63. The minimum Gasteiger partial charge on any atom is -0.310 e. The van der Waals surface area contributed by atoms with Gasteiger partial charge in [0, 0.05) is 35.8 Å². The molecule has 4 heteroatoms. The number of nitrogens with zero attached hydrogens (tertiary/aromatic N) is 2. The number of benzene rings is 1. The SMILES string of the molecule is CC(NCCCN1CCN(C)CC1)c1ccc(I)cc1. The van der Waals surface area contributed by atoms with Crippen molar-refractivity contribution >= 4 is 22.6 Å². The predicted molar refractivity (Wildman–Crippen MR) is 94.1 cm³/mol. The molecule has 1 fully saturated rings. The minimum absolute atomic E-state index is 0.444. The summed E-state index contributed by atoms with van der Waals surface area (Å²) in [5.74, 6) is 0. The highest BCUT2D eigenvalue weighted by Crippen LogP contribution is 2.14. The molecule has 1 saturated heterocycles. The van der Waals surface area contributed by atoms with Crippen molar-refractivity contribution in [3.05, 3.63) is 33.4 Å². The smallest absolute Gasteiger partial charge is 0.0291 e. The Morgan fingerprint density at radius 3 is 2.45 bits per heavy atom. The summed E-state index contributed by atoms with van der Waals surface area (Å²) >= 11 is 2.35. The average molecular weight is 387 g/mol. The Morgan fingerprint density at radius 2 is 1.80 bits per heavy atom. The van der Waals surface area contributed by atoms with Crippen molar-refractivity contribution in [1.29, 1.82) is 0 Å². The lowest BCUT2D eigenvalue weighted by Crippen LogP contribution is -2.45. The molecule has 1 atom stereocenters. The van der Waals surface area contributed by atoms with Crippen molar-refractivity contribution in [2.75, 3.05) is 46.3 Å². The monoisotopic (exact) mass is 387 g/mol. The zero-order chi connectivity index (χ0) is 14.4. The number of rotatable bonds is 6. The number of hydrogen-bond acceptors (Lipinski definition) is 3. The molecule has 1 aliphatic heterocycles. The maximum atomic E-state index is 3.63. The summed E-state index contributed by atoms with van der Waals surface area (Å²) in [7, 11) is 2.21. The maximum Gasteiger partial charge on any atom is 0.0291 e. The van der Waals surface area contributed by atoms with E-state index in [1.807, 2.05) is 0 Å². The van der Waals surface area contributed by atoms with Crippen molar-refractivity contribution in [2.45, 2.75) is 19.4 Å². The van der Waals surface area contributed by atoms with Crippen LogP contribution in [0.15, 0.2) is 24.3 Å². The second-order valence-corrected chi connectivity index (χ2v) is 6.97. The van der Waals surface area contributed by atoms with Crippen LogP contribution >= 0.6 is 22.6 Å². The molecule has 1 aliphatic rings. The first-order chi connectivity index (χ1) is 9.65. The van der Waals surface area contributed by atoms with Crippen LogP contribution in [-0.2, 0) is 0 Å². The van der Waals surface area contributed by atoms with Crippen LogP contribution in [0.5, 0.6) is 0 Å². The first-order valence-corrected chi connectivity index (χ1v) is 8.63. The molecule has 2 rings (SSSR count). The Kier molecular flexibility index (Phi) is 6.74. The van der Waals surface area contributed by atoms with Crippen molar-refractivity contribution in [3.63, 3.8) is 0 Å². The lowest BCUT2D eigenvalue weighted by atomic mass is 10.1. The van der Waals surface area contributed by atoms with Gasteiger partial charge in [0.25, 0.3) is 0 Å². The van der Waals surface area contributed by atoms with Gasteiger partial charge in [-0.2, -0.15) is 0 Å². The van der Waals surface area contributed by atoms with E-state index in [0.717, 1.165) is 6.54 Å². The van der Waals surface area contributed by atoms with E-state index in [4.69, 9.17) is 0 Å². The van der Waals surface area contributed by atoms with Crippen LogP contribution in [0.1, 0.15) is 24.9 Å². The van der Waals surface area contributed by atoms with Crippen LogP contribution in [0, 0.1) is 3.57 Å². The molecule has 20 heavy (non-hydrogen) atoms. The van der Waals surface area contributed by atoms with Crippen LogP contribution in [-0.4, -0.2) is 56.1 Å². The van der Waals surface area contributed by atoms with E-state index in [1.165, 1.54) is 48.3 Å². The van der Waals surface area contributed by atoms with Crippen molar-refractivity contribution < 1.29 is 0 Å². The molecule has 0 bridgehead atoms. The van der Waals surface area contributed by atoms with Gasteiger partial charge in [0.1, 0.15) is 0 Å². The zero-order valence-corrected chi connectivity index (χ0v) is 14.8.